The molecule has 0 spiro atoms. The molecule has 1 heterocycles. The molecule has 2 rings (SSSR count). The molecule has 0 bridgehead atoms. The van der Waals surface area contributed by atoms with Crippen LogP contribution in [-0.4, -0.2) is 27.2 Å². The van der Waals surface area contributed by atoms with Gasteiger partial charge >= 0.3 is 0 Å². The first kappa shape index (κ1) is 16.0. The molecule has 7 heteroatoms. The van der Waals surface area contributed by atoms with Crippen molar-refractivity contribution in [3.8, 4) is 5.75 Å². The average molecular weight is 327 g/mol. The predicted octanol–water partition coefficient (Wildman–Crippen LogP) is 1.77. The highest BCUT2D eigenvalue weighted by Crippen LogP contribution is 2.19. The van der Waals surface area contributed by atoms with Gasteiger partial charge in [0.25, 0.3) is 0 Å². The minimum Gasteiger partial charge on any atom is -0.497 e. The number of aliphatic hydroxyl groups is 1. The van der Waals surface area contributed by atoms with Crippen molar-refractivity contribution in [3.05, 3.63) is 46.2 Å². The molecular formula is C14H17NO4S2. The van der Waals surface area contributed by atoms with E-state index in [0.29, 0.717) is 17.8 Å². The monoisotopic (exact) mass is 327 g/mol. The summed E-state index contributed by atoms with van der Waals surface area (Å²) in [7, 11) is -1.91. The van der Waals surface area contributed by atoms with E-state index in [1.165, 1.54) is 22.8 Å². The third-order valence-corrected chi connectivity index (χ3v) is 5.47. The standard InChI is InChI=1S/C14H17NO4S2/c1-19-12-4-2-11(3-5-12)6-7-15-21(17,18)14-8-13(9-16)20-10-14/h2-5,8,10,15-16H,6-7,9H2,1H3. The first-order valence-corrected chi connectivity index (χ1v) is 8.72. The van der Waals surface area contributed by atoms with Gasteiger partial charge in [0.2, 0.25) is 10.0 Å². The molecule has 0 aliphatic carbocycles. The number of benzene rings is 1. The molecule has 2 N–H and O–H groups in total. The molecule has 0 aliphatic rings. The Morgan fingerprint density at radius 2 is 2.00 bits per heavy atom. The van der Waals surface area contributed by atoms with Crippen molar-refractivity contribution in [1.82, 2.24) is 4.72 Å². The zero-order chi connectivity index (χ0) is 15.3. The number of aliphatic hydroxyl groups excluding tert-OH is 1. The first-order chi connectivity index (χ1) is 10.0. The van der Waals surface area contributed by atoms with E-state index in [2.05, 4.69) is 4.72 Å². The van der Waals surface area contributed by atoms with Crippen molar-refractivity contribution in [2.75, 3.05) is 13.7 Å². The van der Waals surface area contributed by atoms with Gasteiger partial charge in [-0.25, -0.2) is 13.1 Å². The van der Waals surface area contributed by atoms with E-state index in [-0.39, 0.29) is 11.5 Å². The van der Waals surface area contributed by atoms with E-state index in [9.17, 15) is 8.42 Å². The molecule has 0 aliphatic heterocycles. The predicted molar refractivity (Wildman–Crippen MR) is 82.1 cm³/mol. The third-order valence-electron chi connectivity index (χ3n) is 2.96. The van der Waals surface area contributed by atoms with Crippen molar-refractivity contribution < 1.29 is 18.3 Å². The average Bonchev–Trinajstić information content (AvgIpc) is 2.98. The summed E-state index contributed by atoms with van der Waals surface area (Å²) in [5.74, 6) is 0.772. The van der Waals surface area contributed by atoms with Crippen molar-refractivity contribution in [3.63, 3.8) is 0 Å². The molecular weight excluding hydrogens is 310 g/mol. The van der Waals surface area contributed by atoms with Crippen LogP contribution in [0.25, 0.3) is 0 Å². The summed E-state index contributed by atoms with van der Waals surface area (Å²) in [6.45, 7) is 0.172. The van der Waals surface area contributed by atoms with Crippen LogP contribution in [0.5, 0.6) is 5.75 Å². The number of hydrogen-bond donors (Lipinski definition) is 2. The Morgan fingerprint density at radius 3 is 2.57 bits per heavy atom. The van der Waals surface area contributed by atoms with Crippen LogP contribution in [-0.2, 0) is 23.1 Å². The Morgan fingerprint density at radius 1 is 1.29 bits per heavy atom. The summed E-state index contributed by atoms with van der Waals surface area (Å²) >= 11 is 1.23. The van der Waals surface area contributed by atoms with Gasteiger partial charge in [0.15, 0.2) is 0 Å². The molecule has 0 atom stereocenters. The summed E-state index contributed by atoms with van der Waals surface area (Å²) in [6.07, 6.45) is 0.597. The van der Waals surface area contributed by atoms with Gasteiger partial charge in [-0.1, -0.05) is 12.1 Å². The Kier molecular flexibility index (Phi) is 5.35. The molecule has 1 aromatic carbocycles. The fraction of sp³-hybridized carbons (Fsp3) is 0.286. The van der Waals surface area contributed by atoms with Gasteiger partial charge < -0.3 is 9.84 Å². The molecule has 0 amide bonds. The van der Waals surface area contributed by atoms with Gasteiger partial charge in [0, 0.05) is 16.8 Å². The largest absolute Gasteiger partial charge is 0.497 e. The van der Waals surface area contributed by atoms with Crippen LogP contribution in [0.1, 0.15) is 10.4 Å². The number of sulfonamides is 1. The fourth-order valence-corrected chi connectivity index (χ4v) is 3.96. The van der Waals surface area contributed by atoms with Crippen molar-refractivity contribution in [1.29, 1.82) is 0 Å². The number of nitrogens with one attached hydrogen (secondary N) is 1. The fourth-order valence-electron chi connectivity index (χ4n) is 1.79. The van der Waals surface area contributed by atoms with Gasteiger partial charge in [-0.3, -0.25) is 0 Å². The number of methoxy groups -OCH3 is 1. The zero-order valence-corrected chi connectivity index (χ0v) is 13.2. The summed E-state index contributed by atoms with van der Waals surface area (Å²) in [5, 5.41) is 10.5. The maximum atomic E-state index is 12.0. The summed E-state index contributed by atoms with van der Waals surface area (Å²) < 4.78 is 31.7. The Labute approximate surface area is 128 Å². The number of thiophene rings is 1. The lowest BCUT2D eigenvalue weighted by molar-refractivity contribution is 0.285. The normalized spacial score (nSPS) is 11.5. The molecule has 0 saturated heterocycles. The lowest BCUT2D eigenvalue weighted by atomic mass is 10.1. The van der Waals surface area contributed by atoms with Gasteiger partial charge in [-0.15, -0.1) is 11.3 Å². The molecule has 0 unspecified atom stereocenters. The van der Waals surface area contributed by atoms with Crippen LogP contribution < -0.4 is 9.46 Å². The topological polar surface area (TPSA) is 75.6 Å². The van der Waals surface area contributed by atoms with E-state index in [1.54, 1.807) is 7.11 Å². The highest BCUT2D eigenvalue weighted by atomic mass is 32.2. The van der Waals surface area contributed by atoms with Crippen LogP contribution in [0.15, 0.2) is 40.6 Å². The Hall–Kier alpha value is -1.41. The lowest BCUT2D eigenvalue weighted by Gasteiger charge is -2.06. The van der Waals surface area contributed by atoms with Crippen LogP contribution in [0, 0.1) is 0 Å². The summed E-state index contributed by atoms with van der Waals surface area (Å²) in [6, 6.07) is 8.98. The van der Waals surface area contributed by atoms with Crippen molar-refractivity contribution in [2.24, 2.45) is 0 Å². The molecule has 0 radical (unpaired) electrons. The van der Waals surface area contributed by atoms with Gasteiger partial charge in [0.05, 0.1) is 18.6 Å². The SMILES string of the molecule is COc1ccc(CCNS(=O)(=O)c2csc(CO)c2)cc1. The lowest BCUT2D eigenvalue weighted by Crippen LogP contribution is -2.25. The van der Waals surface area contributed by atoms with Crippen molar-refractivity contribution in [2.45, 2.75) is 17.9 Å². The maximum Gasteiger partial charge on any atom is 0.241 e. The second-order valence-electron chi connectivity index (χ2n) is 4.40. The molecule has 1 aromatic heterocycles. The highest BCUT2D eigenvalue weighted by Gasteiger charge is 2.15. The number of hydrogen-bond acceptors (Lipinski definition) is 5. The van der Waals surface area contributed by atoms with E-state index in [0.717, 1.165) is 11.3 Å². The maximum absolute atomic E-state index is 12.0. The Balaban J connectivity index is 1.92. The molecule has 5 nitrogen and oxygen atoms in total. The minimum absolute atomic E-state index is 0.147. The molecule has 2 aromatic rings. The first-order valence-electron chi connectivity index (χ1n) is 6.36. The van der Waals surface area contributed by atoms with Gasteiger partial charge in [-0.2, -0.15) is 0 Å². The zero-order valence-electron chi connectivity index (χ0n) is 11.6. The number of ether oxygens (including phenoxy) is 1. The smallest absolute Gasteiger partial charge is 0.241 e. The van der Waals surface area contributed by atoms with E-state index in [4.69, 9.17) is 9.84 Å². The minimum atomic E-state index is -3.51. The van der Waals surface area contributed by atoms with Gasteiger partial charge in [-0.05, 0) is 30.2 Å². The second kappa shape index (κ2) is 7.04. The third kappa shape index (κ3) is 4.28. The van der Waals surface area contributed by atoms with Crippen LogP contribution >= 0.6 is 11.3 Å². The molecule has 0 saturated carbocycles. The summed E-state index contributed by atoms with van der Waals surface area (Å²) in [5.41, 5.74) is 1.03. The highest BCUT2D eigenvalue weighted by molar-refractivity contribution is 7.89. The Bertz CT molecular complexity index is 677. The van der Waals surface area contributed by atoms with Crippen LogP contribution in [0.3, 0.4) is 0 Å². The van der Waals surface area contributed by atoms with E-state index in [1.807, 2.05) is 24.3 Å². The van der Waals surface area contributed by atoms with Gasteiger partial charge in [0.1, 0.15) is 5.75 Å². The van der Waals surface area contributed by atoms with Crippen molar-refractivity contribution >= 4 is 21.4 Å². The molecule has 0 fully saturated rings. The molecule has 21 heavy (non-hydrogen) atoms. The second-order valence-corrected chi connectivity index (χ2v) is 7.17. The van der Waals surface area contributed by atoms with E-state index >= 15 is 0 Å². The number of rotatable bonds is 7. The van der Waals surface area contributed by atoms with Crippen LogP contribution in [0.2, 0.25) is 0 Å². The molecule has 114 valence electrons. The van der Waals surface area contributed by atoms with E-state index < -0.39 is 10.0 Å². The van der Waals surface area contributed by atoms with Crippen LogP contribution in [0.4, 0.5) is 0 Å². The summed E-state index contributed by atoms with van der Waals surface area (Å²) in [4.78, 5) is 0.830. The quantitative estimate of drug-likeness (QED) is 0.813.